The summed E-state index contributed by atoms with van der Waals surface area (Å²) in [7, 11) is 0. The minimum atomic E-state index is -1.00. The van der Waals surface area contributed by atoms with Crippen molar-refractivity contribution < 1.29 is 14.6 Å². The maximum Gasteiger partial charge on any atom is 0.341 e. The van der Waals surface area contributed by atoms with Gasteiger partial charge in [-0.1, -0.05) is 18.2 Å². The van der Waals surface area contributed by atoms with E-state index in [4.69, 9.17) is 9.84 Å². The highest BCUT2D eigenvalue weighted by atomic mass is 16.5. The number of carboxylic acids is 1. The van der Waals surface area contributed by atoms with Gasteiger partial charge in [0.1, 0.15) is 5.75 Å². The number of anilines is 2. The molecule has 0 aliphatic rings. The Labute approximate surface area is 133 Å². The van der Waals surface area contributed by atoms with Crippen LogP contribution in [0, 0.1) is 0 Å². The van der Waals surface area contributed by atoms with E-state index in [1.165, 1.54) is 0 Å². The zero-order chi connectivity index (χ0) is 16.1. The molecule has 0 fully saturated rings. The van der Waals surface area contributed by atoms with Gasteiger partial charge in [0.05, 0.1) is 5.69 Å². The smallest absolute Gasteiger partial charge is 0.341 e. The molecule has 2 aromatic carbocycles. The van der Waals surface area contributed by atoms with Crippen LogP contribution >= 0.6 is 0 Å². The molecule has 3 aromatic rings. The van der Waals surface area contributed by atoms with Crippen molar-refractivity contribution in [3.63, 3.8) is 0 Å². The number of ether oxygens (including phenoxy) is 1. The van der Waals surface area contributed by atoms with E-state index >= 15 is 0 Å². The molecular formula is C17H15N3O3. The molecule has 116 valence electrons. The lowest BCUT2D eigenvalue weighted by Crippen LogP contribution is -2.09. The Morgan fingerprint density at radius 1 is 1.09 bits per heavy atom. The second kappa shape index (κ2) is 6.65. The molecule has 0 radical (unpaired) electrons. The van der Waals surface area contributed by atoms with Crippen LogP contribution in [0.3, 0.4) is 0 Å². The SMILES string of the molecule is O=C(O)COc1ccc(Nc2ccn(-c3ccccc3)n2)cc1. The van der Waals surface area contributed by atoms with Gasteiger partial charge in [-0.05, 0) is 36.4 Å². The number of carboxylic acid groups (broad SMARTS) is 1. The van der Waals surface area contributed by atoms with Crippen molar-refractivity contribution in [1.82, 2.24) is 9.78 Å². The van der Waals surface area contributed by atoms with Gasteiger partial charge in [0.2, 0.25) is 0 Å². The first kappa shape index (κ1) is 14.6. The molecule has 0 atom stereocenters. The lowest BCUT2D eigenvalue weighted by Gasteiger charge is -2.06. The van der Waals surface area contributed by atoms with E-state index in [0.717, 1.165) is 11.4 Å². The molecule has 0 aliphatic heterocycles. The molecule has 0 unspecified atom stereocenters. The van der Waals surface area contributed by atoms with E-state index in [1.807, 2.05) is 42.6 Å². The summed E-state index contributed by atoms with van der Waals surface area (Å²) in [5, 5.41) is 16.2. The van der Waals surface area contributed by atoms with Crippen molar-refractivity contribution >= 4 is 17.5 Å². The Kier molecular flexibility index (Phi) is 4.24. The van der Waals surface area contributed by atoms with Gasteiger partial charge >= 0.3 is 5.97 Å². The second-order valence-electron chi connectivity index (χ2n) is 4.81. The van der Waals surface area contributed by atoms with Crippen LogP contribution in [-0.4, -0.2) is 27.5 Å². The molecule has 1 aromatic heterocycles. The predicted molar refractivity (Wildman–Crippen MR) is 86.4 cm³/mol. The van der Waals surface area contributed by atoms with Crippen molar-refractivity contribution in [3.8, 4) is 11.4 Å². The molecule has 0 saturated carbocycles. The maximum absolute atomic E-state index is 10.5. The normalized spacial score (nSPS) is 10.3. The van der Waals surface area contributed by atoms with Gasteiger partial charge in [0.25, 0.3) is 0 Å². The predicted octanol–water partition coefficient (Wildman–Crippen LogP) is 3.08. The molecular weight excluding hydrogens is 294 g/mol. The van der Waals surface area contributed by atoms with E-state index in [1.54, 1.807) is 28.9 Å². The summed E-state index contributed by atoms with van der Waals surface area (Å²) in [4.78, 5) is 10.5. The van der Waals surface area contributed by atoms with Gasteiger partial charge in [-0.15, -0.1) is 0 Å². The van der Waals surface area contributed by atoms with Crippen molar-refractivity contribution in [1.29, 1.82) is 0 Å². The number of hydrogen-bond acceptors (Lipinski definition) is 4. The second-order valence-corrected chi connectivity index (χ2v) is 4.81. The first-order valence-electron chi connectivity index (χ1n) is 7.03. The van der Waals surface area contributed by atoms with Gasteiger partial charge in [-0.2, -0.15) is 5.10 Å². The van der Waals surface area contributed by atoms with Crippen molar-refractivity contribution in [3.05, 3.63) is 66.9 Å². The van der Waals surface area contributed by atoms with Gasteiger partial charge in [0.15, 0.2) is 12.4 Å². The molecule has 1 heterocycles. The summed E-state index contributed by atoms with van der Waals surface area (Å²) in [6, 6.07) is 18.7. The minimum absolute atomic E-state index is 0.353. The summed E-state index contributed by atoms with van der Waals surface area (Å²) < 4.78 is 6.87. The fourth-order valence-electron chi connectivity index (χ4n) is 2.04. The first-order chi connectivity index (χ1) is 11.2. The van der Waals surface area contributed by atoms with Crippen LogP contribution in [0.4, 0.5) is 11.5 Å². The number of nitrogens with one attached hydrogen (secondary N) is 1. The average Bonchev–Trinajstić information content (AvgIpc) is 3.03. The molecule has 0 aliphatic carbocycles. The van der Waals surface area contributed by atoms with Crippen LogP contribution < -0.4 is 10.1 Å². The number of aromatic nitrogens is 2. The number of para-hydroxylation sites is 1. The van der Waals surface area contributed by atoms with E-state index in [9.17, 15) is 4.79 Å². The fraction of sp³-hybridized carbons (Fsp3) is 0.0588. The molecule has 0 bridgehead atoms. The summed E-state index contributed by atoms with van der Waals surface area (Å²) in [6.45, 7) is -0.353. The molecule has 0 amide bonds. The Morgan fingerprint density at radius 3 is 2.52 bits per heavy atom. The highest BCUT2D eigenvalue weighted by Crippen LogP contribution is 2.19. The topological polar surface area (TPSA) is 76.4 Å². The average molecular weight is 309 g/mol. The largest absolute Gasteiger partial charge is 0.482 e. The zero-order valence-corrected chi connectivity index (χ0v) is 12.2. The number of rotatable bonds is 6. The molecule has 3 rings (SSSR count). The lowest BCUT2D eigenvalue weighted by atomic mass is 10.3. The van der Waals surface area contributed by atoms with Crippen LogP contribution in [0.25, 0.3) is 5.69 Å². The molecule has 0 saturated heterocycles. The summed E-state index contributed by atoms with van der Waals surface area (Å²) >= 11 is 0. The Hall–Kier alpha value is -3.28. The number of nitrogens with zero attached hydrogens (tertiary/aromatic N) is 2. The van der Waals surface area contributed by atoms with Crippen LogP contribution in [0.2, 0.25) is 0 Å². The third-order valence-electron chi connectivity index (χ3n) is 3.10. The molecule has 23 heavy (non-hydrogen) atoms. The fourth-order valence-corrected chi connectivity index (χ4v) is 2.04. The van der Waals surface area contributed by atoms with Gasteiger partial charge < -0.3 is 15.2 Å². The number of benzene rings is 2. The van der Waals surface area contributed by atoms with Crippen molar-refractivity contribution in [2.24, 2.45) is 0 Å². The Bertz CT molecular complexity index is 782. The number of hydrogen-bond donors (Lipinski definition) is 2. The monoisotopic (exact) mass is 309 g/mol. The van der Waals surface area contributed by atoms with Crippen LogP contribution in [-0.2, 0) is 4.79 Å². The van der Waals surface area contributed by atoms with Crippen LogP contribution in [0.1, 0.15) is 0 Å². The summed E-state index contributed by atoms with van der Waals surface area (Å²) in [6.07, 6.45) is 1.88. The summed E-state index contributed by atoms with van der Waals surface area (Å²) in [5.41, 5.74) is 1.82. The van der Waals surface area contributed by atoms with Crippen molar-refractivity contribution in [2.75, 3.05) is 11.9 Å². The van der Waals surface area contributed by atoms with E-state index in [0.29, 0.717) is 11.6 Å². The number of aliphatic carboxylic acids is 1. The highest BCUT2D eigenvalue weighted by molar-refractivity contribution is 5.68. The Morgan fingerprint density at radius 2 is 1.83 bits per heavy atom. The van der Waals surface area contributed by atoms with Crippen LogP contribution in [0.5, 0.6) is 5.75 Å². The highest BCUT2D eigenvalue weighted by Gasteiger charge is 2.03. The van der Waals surface area contributed by atoms with Gasteiger partial charge in [-0.3, -0.25) is 0 Å². The molecule has 6 heteroatoms. The quantitative estimate of drug-likeness (QED) is 0.732. The van der Waals surface area contributed by atoms with E-state index < -0.39 is 5.97 Å². The van der Waals surface area contributed by atoms with Gasteiger partial charge in [0, 0.05) is 18.0 Å². The third-order valence-corrected chi connectivity index (χ3v) is 3.10. The van der Waals surface area contributed by atoms with E-state index in [-0.39, 0.29) is 6.61 Å². The zero-order valence-electron chi connectivity index (χ0n) is 12.2. The first-order valence-corrected chi connectivity index (χ1v) is 7.03. The Balaban J connectivity index is 1.66. The number of carbonyl (C=O) groups is 1. The van der Waals surface area contributed by atoms with Gasteiger partial charge in [-0.25, -0.2) is 9.48 Å². The standard InChI is InChI=1S/C17H15N3O3/c21-17(22)12-23-15-8-6-13(7-9-15)18-16-10-11-20(19-16)14-4-2-1-3-5-14/h1-11H,12H2,(H,18,19)(H,21,22). The minimum Gasteiger partial charge on any atom is -0.482 e. The molecule has 2 N–H and O–H groups in total. The molecule has 6 nitrogen and oxygen atoms in total. The van der Waals surface area contributed by atoms with Crippen LogP contribution in [0.15, 0.2) is 66.9 Å². The third kappa shape index (κ3) is 3.88. The maximum atomic E-state index is 10.5. The lowest BCUT2D eigenvalue weighted by molar-refractivity contribution is -0.139. The van der Waals surface area contributed by atoms with E-state index in [2.05, 4.69) is 10.4 Å². The van der Waals surface area contributed by atoms with Crippen molar-refractivity contribution in [2.45, 2.75) is 0 Å². The molecule has 0 spiro atoms. The summed E-state index contributed by atoms with van der Waals surface area (Å²) in [5.74, 6) is 0.222.